The number of fused-ring (bicyclic) bond motifs is 5. The largest absolute Gasteiger partial charge is 0.458 e. The van der Waals surface area contributed by atoms with Crippen LogP contribution in [0.5, 0.6) is 0 Å². The number of halogens is 2. The molecule has 0 saturated heterocycles. The second kappa shape index (κ2) is 11.1. The maximum atomic E-state index is 12.9. The van der Waals surface area contributed by atoms with Crippen LogP contribution in [0.15, 0.2) is 29.8 Å². The van der Waals surface area contributed by atoms with Crippen molar-refractivity contribution in [3.05, 3.63) is 45.5 Å². The molecule has 4 aliphatic carbocycles. The van der Waals surface area contributed by atoms with Crippen molar-refractivity contribution in [3.63, 3.8) is 0 Å². The van der Waals surface area contributed by atoms with Crippen LogP contribution in [-0.4, -0.2) is 12.1 Å². The maximum absolute atomic E-state index is 12.9. The van der Waals surface area contributed by atoms with Crippen molar-refractivity contribution in [3.8, 4) is 0 Å². The van der Waals surface area contributed by atoms with E-state index in [2.05, 4.69) is 40.7 Å². The number of esters is 1. The van der Waals surface area contributed by atoms with Crippen LogP contribution in [-0.2, 0) is 4.74 Å². The second-order valence-corrected chi connectivity index (χ2v) is 15.0. The van der Waals surface area contributed by atoms with Gasteiger partial charge in [0, 0.05) is 11.4 Å². The molecule has 0 heterocycles. The van der Waals surface area contributed by atoms with E-state index >= 15 is 0 Å². The maximum Gasteiger partial charge on any atom is 0.339 e. The van der Waals surface area contributed by atoms with Crippen LogP contribution >= 0.6 is 23.2 Å². The first-order valence-electron chi connectivity index (χ1n) is 15.4. The molecule has 4 heteroatoms. The quantitative estimate of drug-likeness (QED) is 0.245. The van der Waals surface area contributed by atoms with E-state index in [0.717, 1.165) is 54.8 Å². The Morgan fingerprint density at radius 2 is 1.82 bits per heavy atom. The Kier molecular flexibility index (Phi) is 8.35. The van der Waals surface area contributed by atoms with E-state index in [4.69, 9.17) is 27.9 Å². The molecule has 2 nitrogen and oxygen atoms in total. The molecule has 38 heavy (non-hydrogen) atoms. The molecule has 0 aromatic heterocycles. The molecular weight excluding hydrogens is 511 g/mol. The number of rotatable bonds is 7. The summed E-state index contributed by atoms with van der Waals surface area (Å²) in [6, 6.07) is 4.98. The summed E-state index contributed by atoms with van der Waals surface area (Å²) in [7, 11) is 0. The molecular formula is C34H48Cl2O2. The van der Waals surface area contributed by atoms with Crippen LogP contribution in [0.1, 0.15) is 116 Å². The topological polar surface area (TPSA) is 26.3 Å². The zero-order chi connectivity index (χ0) is 27.2. The lowest BCUT2D eigenvalue weighted by Gasteiger charge is -2.58. The van der Waals surface area contributed by atoms with Gasteiger partial charge >= 0.3 is 5.97 Å². The molecule has 3 fully saturated rings. The molecule has 0 radical (unpaired) electrons. The third kappa shape index (κ3) is 5.23. The number of ether oxygens (including phenoxy) is 1. The summed E-state index contributed by atoms with van der Waals surface area (Å²) in [5, 5.41) is 0.886. The van der Waals surface area contributed by atoms with E-state index in [1.54, 1.807) is 23.8 Å². The number of hydrogen-bond donors (Lipinski definition) is 0. The molecule has 0 aliphatic heterocycles. The minimum atomic E-state index is -0.331. The third-order valence-corrected chi connectivity index (χ3v) is 12.2. The van der Waals surface area contributed by atoms with Crippen LogP contribution in [0.25, 0.3) is 0 Å². The zero-order valence-electron chi connectivity index (χ0n) is 24.2. The van der Waals surface area contributed by atoms with Crippen molar-refractivity contribution >= 4 is 29.2 Å². The van der Waals surface area contributed by atoms with E-state index in [-0.39, 0.29) is 17.5 Å². The monoisotopic (exact) mass is 558 g/mol. The molecule has 1 aromatic carbocycles. The van der Waals surface area contributed by atoms with Crippen molar-refractivity contribution in [2.75, 3.05) is 0 Å². The van der Waals surface area contributed by atoms with Gasteiger partial charge in [0.2, 0.25) is 0 Å². The van der Waals surface area contributed by atoms with E-state index in [0.29, 0.717) is 21.0 Å². The molecule has 210 valence electrons. The Balaban J connectivity index is 1.25. The van der Waals surface area contributed by atoms with Gasteiger partial charge in [-0.15, -0.1) is 0 Å². The van der Waals surface area contributed by atoms with Crippen molar-refractivity contribution in [2.45, 2.75) is 111 Å². The normalized spacial score (nSPS) is 37.2. The molecule has 1 aromatic rings. The number of carbonyl (C=O) groups excluding carboxylic acids is 1. The molecule has 0 spiro atoms. The van der Waals surface area contributed by atoms with Gasteiger partial charge in [0.05, 0.1) is 10.6 Å². The van der Waals surface area contributed by atoms with Gasteiger partial charge in [0.15, 0.2) is 0 Å². The van der Waals surface area contributed by atoms with Crippen LogP contribution in [0.4, 0.5) is 0 Å². The second-order valence-electron chi connectivity index (χ2n) is 14.2. The number of benzene rings is 1. The minimum absolute atomic E-state index is 0.0680. The highest BCUT2D eigenvalue weighted by molar-refractivity contribution is 6.36. The first-order chi connectivity index (χ1) is 18.0. The predicted octanol–water partition coefficient (Wildman–Crippen LogP) is 10.6. The van der Waals surface area contributed by atoms with Crippen molar-refractivity contribution in [2.24, 2.45) is 46.3 Å². The summed E-state index contributed by atoms with van der Waals surface area (Å²) < 4.78 is 5.99. The van der Waals surface area contributed by atoms with Gasteiger partial charge in [-0.3, -0.25) is 0 Å². The van der Waals surface area contributed by atoms with Crippen molar-refractivity contribution in [1.82, 2.24) is 0 Å². The average molecular weight is 560 g/mol. The lowest BCUT2D eigenvalue weighted by atomic mass is 9.47. The van der Waals surface area contributed by atoms with Crippen molar-refractivity contribution in [1.29, 1.82) is 0 Å². The highest BCUT2D eigenvalue weighted by Crippen LogP contribution is 2.67. The summed E-state index contributed by atoms with van der Waals surface area (Å²) in [5.74, 6) is 4.71. The molecule has 8 atom stereocenters. The fourth-order valence-corrected chi connectivity index (χ4v) is 10.1. The number of carbonyl (C=O) groups is 1. The minimum Gasteiger partial charge on any atom is -0.458 e. The van der Waals surface area contributed by atoms with Crippen LogP contribution in [0.3, 0.4) is 0 Å². The standard InChI is InChI=1S/C34H48Cl2O2/c1-21(2)7-6-8-22(3)28-13-14-29-26-11-9-23-19-25(38-32(37)27-12-10-24(35)20-31(27)36)15-17-33(23,4)30(26)16-18-34(28,29)5/h9-10,12,20-22,25-26,28-30H,6-8,11,13-19H2,1-5H3/t22-,25+,26+,28-,29+,30+,33-,34+/m0/s1. The summed E-state index contributed by atoms with van der Waals surface area (Å²) >= 11 is 12.3. The first-order valence-corrected chi connectivity index (χ1v) is 16.1. The predicted molar refractivity (Wildman–Crippen MR) is 159 cm³/mol. The zero-order valence-corrected chi connectivity index (χ0v) is 25.7. The Hall–Kier alpha value is -0.990. The van der Waals surface area contributed by atoms with Gasteiger partial charge in [-0.25, -0.2) is 4.79 Å². The van der Waals surface area contributed by atoms with Crippen LogP contribution < -0.4 is 0 Å². The highest BCUT2D eigenvalue weighted by Gasteiger charge is 2.59. The Bertz CT molecular complexity index is 1060. The van der Waals surface area contributed by atoms with Crippen LogP contribution in [0, 0.1) is 46.3 Å². The highest BCUT2D eigenvalue weighted by atomic mass is 35.5. The summed E-state index contributed by atoms with van der Waals surface area (Å²) in [6.07, 6.45) is 16.4. The molecule has 0 unspecified atom stereocenters. The van der Waals surface area contributed by atoms with E-state index in [9.17, 15) is 4.79 Å². The molecule has 5 rings (SSSR count). The van der Waals surface area contributed by atoms with Gasteiger partial charge < -0.3 is 4.74 Å². The van der Waals surface area contributed by atoms with Gasteiger partial charge in [0.1, 0.15) is 6.10 Å². The summed E-state index contributed by atoms with van der Waals surface area (Å²) in [4.78, 5) is 12.9. The number of allylic oxidation sites excluding steroid dienone is 1. The van der Waals surface area contributed by atoms with Crippen molar-refractivity contribution < 1.29 is 9.53 Å². The molecule has 0 bridgehead atoms. The SMILES string of the molecule is CC(C)CCC[C@H](C)[C@@H]1CC[C@@H]2[C@H]3CC=C4C[C@H](OC(=O)c5ccc(Cl)cc5Cl)CC[C@]4(C)[C@@H]3CC[C@@]21C. The Morgan fingerprint density at radius 1 is 1.03 bits per heavy atom. The van der Waals surface area contributed by atoms with Gasteiger partial charge in [-0.1, -0.05) is 88.7 Å². The van der Waals surface area contributed by atoms with E-state index in [1.807, 2.05) is 0 Å². The summed E-state index contributed by atoms with van der Waals surface area (Å²) in [6.45, 7) is 12.5. The van der Waals surface area contributed by atoms with Gasteiger partial charge in [-0.05, 0) is 109 Å². The first kappa shape index (κ1) is 28.5. The van der Waals surface area contributed by atoms with Gasteiger partial charge in [0.25, 0.3) is 0 Å². The molecule has 0 N–H and O–H groups in total. The Labute approximate surface area is 241 Å². The fourth-order valence-electron chi connectivity index (χ4n) is 9.62. The van der Waals surface area contributed by atoms with E-state index in [1.165, 1.54) is 51.4 Å². The Morgan fingerprint density at radius 3 is 2.55 bits per heavy atom. The molecule has 3 saturated carbocycles. The van der Waals surface area contributed by atoms with Gasteiger partial charge in [-0.2, -0.15) is 0 Å². The fraction of sp³-hybridized carbons (Fsp3) is 0.735. The third-order valence-electron chi connectivity index (χ3n) is 11.7. The summed E-state index contributed by atoms with van der Waals surface area (Å²) in [5.41, 5.74) is 2.73. The lowest BCUT2D eigenvalue weighted by Crippen LogP contribution is -2.51. The smallest absolute Gasteiger partial charge is 0.339 e. The average Bonchev–Trinajstić information content (AvgIpc) is 3.21. The molecule has 4 aliphatic rings. The molecule has 0 amide bonds. The lowest BCUT2D eigenvalue weighted by molar-refractivity contribution is -0.0594. The number of hydrogen-bond acceptors (Lipinski definition) is 2. The van der Waals surface area contributed by atoms with E-state index < -0.39 is 0 Å². The van der Waals surface area contributed by atoms with Crippen LogP contribution in [0.2, 0.25) is 10.0 Å².